The average molecular weight is 227 g/mol. The molecule has 0 aliphatic heterocycles. The molecule has 4 nitrogen and oxygen atoms in total. The molecular formula is C11H14FNO3. The molecule has 0 spiro atoms. The van der Waals surface area contributed by atoms with Gasteiger partial charge in [0, 0.05) is 12.6 Å². The zero-order valence-electron chi connectivity index (χ0n) is 9.16. The zero-order valence-corrected chi connectivity index (χ0v) is 9.16. The maximum Gasteiger partial charge on any atom is 0.251 e. The molecule has 0 radical (unpaired) electrons. The Hall–Kier alpha value is -1.62. The number of ether oxygens (including phenoxy) is 1. The Morgan fingerprint density at radius 1 is 1.62 bits per heavy atom. The lowest BCUT2D eigenvalue weighted by molar-refractivity contribution is 0.0961. The highest BCUT2D eigenvalue weighted by Gasteiger charge is 2.09. The van der Waals surface area contributed by atoms with E-state index in [1.807, 2.05) is 0 Å². The largest absolute Gasteiger partial charge is 0.488 e. The molecule has 0 bridgehead atoms. The molecule has 1 aromatic carbocycles. The van der Waals surface area contributed by atoms with Crippen LogP contribution in [0.25, 0.3) is 0 Å². The molecule has 2 N–H and O–H groups in total. The normalized spacial score (nSPS) is 12.0. The number of carbonyl (C=O) groups is 1. The van der Waals surface area contributed by atoms with Crippen LogP contribution in [0.2, 0.25) is 0 Å². The van der Waals surface area contributed by atoms with Crippen molar-refractivity contribution in [3.63, 3.8) is 0 Å². The van der Waals surface area contributed by atoms with E-state index in [-0.39, 0.29) is 23.8 Å². The molecular weight excluding hydrogens is 213 g/mol. The van der Waals surface area contributed by atoms with Gasteiger partial charge in [-0.05, 0) is 25.1 Å². The monoisotopic (exact) mass is 227 g/mol. The quantitative estimate of drug-likeness (QED) is 0.805. The average Bonchev–Trinajstić information content (AvgIpc) is 2.26. The van der Waals surface area contributed by atoms with Crippen molar-refractivity contribution in [3.8, 4) is 5.75 Å². The van der Waals surface area contributed by atoms with Gasteiger partial charge >= 0.3 is 0 Å². The predicted octanol–water partition coefficient (Wildman–Crippen LogP) is 0.945. The van der Waals surface area contributed by atoms with E-state index in [0.29, 0.717) is 0 Å². The first kappa shape index (κ1) is 12.4. The van der Waals surface area contributed by atoms with Crippen LogP contribution < -0.4 is 10.1 Å². The maximum atomic E-state index is 13.4. The van der Waals surface area contributed by atoms with Crippen LogP contribution in [0.1, 0.15) is 17.3 Å². The number of carbonyl (C=O) groups excluding carboxylic acids is 1. The fourth-order valence-corrected chi connectivity index (χ4v) is 1.11. The number of hydrogen-bond donors (Lipinski definition) is 2. The van der Waals surface area contributed by atoms with Crippen molar-refractivity contribution in [1.29, 1.82) is 0 Å². The molecule has 5 heteroatoms. The van der Waals surface area contributed by atoms with Crippen LogP contribution in [0.4, 0.5) is 4.39 Å². The standard InChI is InChI=1S/C11H14FNO3/c1-7(14)6-16-10-4-3-8(5-9(10)12)11(15)13-2/h3-5,7,14H,6H2,1-2H3,(H,13,15). The highest BCUT2D eigenvalue weighted by atomic mass is 19.1. The summed E-state index contributed by atoms with van der Waals surface area (Å²) in [4.78, 5) is 11.2. The van der Waals surface area contributed by atoms with Crippen molar-refractivity contribution in [3.05, 3.63) is 29.6 Å². The summed E-state index contributed by atoms with van der Waals surface area (Å²) in [7, 11) is 1.47. The highest BCUT2D eigenvalue weighted by Crippen LogP contribution is 2.18. The lowest BCUT2D eigenvalue weighted by Crippen LogP contribution is -2.18. The lowest BCUT2D eigenvalue weighted by Gasteiger charge is -2.09. The highest BCUT2D eigenvalue weighted by molar-refractivity contribution is 5.94. The molecule has 0 aromatic heterocycles. The molecule has 1 atom stereocenters. The van der Waals surface area contributed by atoms with Crippen molar-refractivity contribution in [1.82, 2.24) is 5.32 Å². The summed E-state index contributed by atoms with van der Waals surface area (Å²) < 4.78 is 18.4. The predicted molar refractivity (Wildman–Crippen MR) is 57.0 cm³/mol. The van der Waals surface area contributed by atoms with Gasteiger partial charge in [-0.2, -0.15) is 0 Å². The lowest BCUT2D eigenvalue weighted by atomic mass is 10.2. The van der Waals surface area contributed by atoms with Crippen LogP contribution in [0.5, 0.6) is 5.75 Å². The van der Waals surface area contributed by atoms with Crippen LogP contribution in [-0.2, 0) is 0 Å². The third-order valence-corrected chi connectivity index (χ3v) is 1.90. The first-order valence-electron chi connectivity index (χ1n) is 4.87. The molecule has 0 saturated carbocycles. The van der Waals surface area contributed by atoms with Crippen molar-refractivity contribution in [2.75, 3.05) is 13.7 Å². The van der Waals surface area contributed by atoms with Gasteiger partial charge < -0.3 is 15.2 Å². The number of aliphatic hydroxyl groups is 1. The van der Waals surface area contributed by atoms with E-state index >= 15 is 0 Å². The third-order valence-electron chi connectivity index (χ3n) is 1.90. The molecule has 0 aliphatic carbocycles. The van der Waals surface area contributed by atoms with Gasteiger partial charge in [0.2, 0.25) is 0 Å². The van der Waals surface area contributed by atoms with E-state index < -0.39 is 11.9 Å². The SMILES string of the molecule is CNC(=O)c1ccc(OCC(C)O)c(F)c1. The summed E-state index contributed by atoms with van der Waals surface area (Å²) >= 11 is 0. The number of hydrogen-bond acceptors (Lipinski definition) is 3. The minimum Gasteiger partial charge on any atom is -0.488 e. The van der Waals surface area contributed by atoms with E-state index in [2.05, 4.69) is 5.32 Å². The molecule has 0 heterocycles. The Kier molecular flexibility index (Phi) is 4.25. The third kappa shape index (κ3) is 3.20. The Morgan fingerprint density at radius 3 is 2.81 bits per heavy atom. The van der Waals surface area contributed by atoms with Crippen molar-refractivity contribution in [2.24, 2.45) is 0 Å². The zero-order chi connectivity index (χ0) is 12.1. The van der Waals surface area contributed by atoms with Crippen molar-refractivity contribution in [2.45, 2.75) is 13.0 Å². The van der Waals surface area contributed by atoms with Crippen molar-refractivity contribution >= 4 is 5.91 Å². The summed E-state index contributed by atoms with van der Waals surface area (Å²) in [6.07, 6.45) is -0.669. The molecule has 1 unspecified atom stereocenters. The summed E-state index contributed by atoms with van der Waals surface area (Å²) in [6, 6.07) is 3.91. The van der Waals surface area contributed by atoms with Gasteiger partial charge in [0.25, 0.3) is 5.91 Å². The molecule has 0 aliphatic rings. The van der Waals surface area contributed by atoms with Crippen LogP contribution in [-0.4, -0.2) is 30.8 Å². The number of aliphatic hydroxyl groups excluding tert-OH is 1. The number of amides is 1. The fourth-order valence-electron chi connectivity index (χ4n) is 1.11. The van der Waals surface area contributed by atoms with Crippen LogP contribution in [0.3, 0.4) is 0 Å². The molecule has 16 heavy (non-hydrogen) atoms. The van der Waals surface area contributed by atoms with E-state index in [1.54, 1.807) is 0 Å². The van der Waals surface area contributed by atoms with E-state index in [4.69, 9.17) is 9.84 Å². The van der Waals surface area contributed by atoms with E-state index in [9.17, 15) is 9.18 Å². The van der Waals surface area contributed by atoms with Gasteiger partial charge in [0.1, 0.15) is 6.61 Å². The first-order valence-corrected chi connectivity index (χ1v) is 4.87. The number of benzene rings is 1. The molecule has 0 fully saturated rings. The second kappa shape index (κ2) is 5.46. The van der Waals surface area contributed by atoms with Gasteiger partial charge in [-0.3, -0.25) is 4.79 Å². The van der Waals surface area contributed by atoms with Crippen LogP contribution in [0.15, 0.2) is 18.2 Å². The Bertz CT molecular complexity index is 379. The number of nitrogens with one attached hydrogen (secondary N) is 1. The van der Waals surface area contributed by atoms with Crippen LogP contribution >= 0.6 is 0 Å². The fraction of sp³-hybridized carbons (Fsp3) is 0.364. The first-order chi connectivity index (χ1) is 7.54. The summed E-state index contributed by atoms with van der Waals surface area (Å²) in [5.74, 6) is -0.962. The second-order valence-electron chi connectivity index (χ2n) is 3.38. The summed E-state index contributed by atoms with van der Waals surface area (Å²) in [5, 5.41) is 11.4. The summed E-state index contributed by atoms with van der Waals surface area (Å²) in [6.45, 7) is 1.55. The number of rotatable bonds is 4. The Labute approximate surface area is 93.0 Å². The van der Waals surface area contributed by atoms with Crippen LogP contribution in [0, 0.1) is 5.82 Å². The second-order valence-corrected chi connectivity index (χ2v) is 3.38. The van der Waals surface area contributed by atoms with Gasteiger partial charge in [0.15, 0.2) is 11.6 Å². The topological polar surface area (TPSA) is 58.6 Å². The van der Waals surface area contributed by atoms with Gasteiger partial charge in [-0.1, -0.05) is 0 Å². The Balaban J connectivity index is 2.79. The van der Waals surface area contributed by atoms with Crippen molar-refractivity contribution < 1.29 is 19.0 Å². The van der Waals surface area contributed by atoms with E-state index in [1.165, 1.54) is 26.1 Å². The minimum atomic E-state index is -0.669. The minimum absolute atomic E-state index is 0.0102. The molecule has 88 valence electrons. The summed E-state index contributed by atoms with van der Waals surface area (Å²) in [5.41, 5.74) is 0.226. The van der Waals surface area contributed by atoms with Gasteiger partial charge in [-0.25, -0.2) is 4.39 Å². The van der Waals surface area contributed by atoms with E-state index in [0.717, 1.165) is 6.07 Å². The molecule has 1 amide bonds. The molecule has 0 saturated heterocycles. The Morgan fingerprint density at radius 2 is 2.31 bits per heavy atom. The molecule has 1 aromatic rings. The maximum absolute atomic E-state index is 13.4. The van der Waals surface area contributed by atoms with Gasteiger partial charge in [0.05, 0.1) is 6.10 Å². The molecule has 1 rings (SSSR count). The smallest absolute Gasteiger partial charge is 0.251 e. The number of halogens is 1. The van der Waals surface area contributed by atoms with Gasteiger partial charge in [-0.15, -0.1) is 0 Å².